The molecule has 1 amide bonds. The van der Waals surface area contributed by atoms with E-state index < -0.39 is 0 Å². The Morgan fingerprint density at radius 3 is 2.50 bits per heavy atom. The lowest BCUT2D eigenvalue weighted by Gasteiger charge is -2.12. The highest BCUT2D eigenvalue weighted by Gasteiger charge is 2.17. The summed E-state index contributed by atoms with van der Waals surface area (Å²) < 4.78 is 0. The number of fused-ring (bicyclic) bond motifs is 1. The van der Waals surface area contributed by atoms with E-state index in [2.05, 4.69) is 0 Å². The summed E-state index contributed by atoms with van der Waals surface area (Å²) in [6, 6.07) is 21.9. The summed E-state index contributed by atoms with van der Waals surface area (Å²) in [5.41, 5.74) is 8.93. The molecule has 0 atom stereocenters. The molecule has 2 aromatic carbocycles. The Kier molecular flexibility index (Phi) is 4.45. The number of primary amides is 1. The number of carbonyl (C=O) groups excluding carboxylic acids is 1. The highest BCUT2D eigenvalue weighted by molar-refractivity contribution is 7.15. The zero-order valence-corrected chi connectivity index (χ0v) is 15.3. The van der Waals surface area contributed by atoms with Gasteiger partial charge >= 0.3 is 0 Å². The third kappa shape index (κ3) is 3.09. The molecule has 128 valence electrons. The molecule has 0 fully saturated rings. The summed E-state index contributed by atoms with van der Waals surface area (Å²) in [6.07, 6.45) is 0.224. The first-order valence-electron chi connectivity index (χ1n) is 8.14. The number of aromatic nitrogens is 1. The fraction of sp³-hybridized carbons (Fsp3) is 0.0476. The first-order valence-corrected chi connectivity index (χ1v) is 9.34. The van der Waals surface area contributed by atoms with Crippen molar-refractivity contribution in [1.29, 1.82) is 0 Å². The van der Waals surface area contributed by atoms with Gasteiger partial charge in [0.25, 0.3) is 0 Å². The number of pyridine rings is 1. The van der Waals surface area contributed by atoms with Crippen LogP contribution in [0.2, 0.25) is 5.02 Å². The van der Waals surface area contributed by atoms with Crippen molar-refractivity contribution in [3.05, 3.63) is 76.6 Å². The lowest BCUT2D eigenvalue weighted by Crippen LogP contribution is -2.12. The number of para-hydroxylation sites is 1. The van der Waals surface area contributed by atoms with Gasteiger partial charge in [0, 0.05) is 15.8 Å². The Bertz CT molecular complexity index is 1110. The van der Waals surface area contributed by atoms with Crippen LogP contribution >= 0.6 is 22.9 Å². The molecule has 0 aliphatic rings. The van der Waals surface area contributed by atoms with E-state index in [-0.39, 0.29) is 12.3 Å². The summed E-state index contributed by atoms with van der Waals surface area (Å²) in [6.45, 7) is 0. The van der Waals surface area contributed by atoms with Crippen LogP contribution in [0.1, 0.15) is 4.88 Å². The fourth-order valence-electron chi connectivity index (χ4n) is 3.01. The molecule has 2 heterocycles. The summed E-state index contributed by atoms with van der Waals surface area (Å²) in [7, 11) is 0. The molecule has 0 bridgehead atoms. The highest BCUT2D eigenvalue weighted by atomic mass is 35.5. The molecule has 3 nitrogen and oxygen atoms in total. The van der Waals surface area contributed by atoms with Crippen molar-refractivity contribution in [2.24, 2.45) is 5.73 Å². The van der Waals surface area contributed by atoms with Crippen LogP contribution in [0.15, 0.2) is 66.7 Å². The number of thiophene rings is 1. The maximum Gasteiger partial charge on any atom is 0.222 e. The number of hydrogen-bond acceptors (Lipinski definition) is 3. The Balaban J connectivity index is 1.95. The molecule has 0 saturated carbocycles. The maximum atomic E-state index is 11.2. The van der Waals surface area contributed by atoms with Crippen LogP contribution in [0.3, 0.4) is 0 Å². The third-order valence-electron chi connectivity index (χ3n) is 4.14. The Morgan fingerprint density at radius 1 is 1.00 bits per heavy atom. The van der Waals surface area contributed by atoms with E-state index in [0.29, 0.717) is 5.02 Å². The number of amides is 1. The van der Waals surface area contributed by atoms with Gasteiger partial charge in [0.05, 0.1) is 21.8 Å². The van der Waals surface area contributed by atoms with E-state index in [1.807, 2.05) is 66.7 Å². The molecule has 0 aliphatic heterocycles. The van der Waals surface area contributed by atoms with Gasteiger partial charge in [0.15, 0.2) is 0 Å². The zero-order valence-electron chi connectivity index (χ0n) is 13.8. The summed E-state index contributed by atoms with van der Waals surface area (Å²) in [4.78, 5) is 17.8. The summed E-state index contributed by atoms with van der Waals surface area (Å²) >= 11 is 8.32. The minimum atomic E-state index is -0.346. The molecule has 0 spiro atoms. The maximum absolute atomic E-state index is 11.2. The molecule has 0 unspecified atom stereocenters. The SMILES string of the molecule is NC(=O)Cc1ccc(-c2nc3ccccc3c(-c3ccccc3)c2Cl)s1. The minimum absolute atomic E-state index is 0.224. The van der Waals surface area contributed by atoms with Gasteiger partial charge in [-0.25, -0.2) is 4.98 Å². The van der Waals surface area contributed by atoms with Gasteiger partial charge in [0.1, 0.15) is 5.69 Å². The average molecular weight is 379 g/mol. The molecule has 4 rings (SSSR count). The molecule has 26 heavy (non-hydrogen) atoms. The molecular formula is C21H15ClN2OS. The second kappa shape index (κ2) is 6.90. The lowest BCUT2D eigenvalue weighted by atomic mass is 9.99. The quantitative estimate of drug-likeness (QED) is 0.523. The van der Waals surface area contributed by atoms with Crippen LogP contribution in [0, 0.1) is 0 Å². The van der Waals surface area contributed by atoms with E-state index >= 15 is 0 Å². The lowest BCUT2D eigenvalue weighted by molar-refractivity contribution is -0.117. The van der Waals surface area contributed by atoms with Crippen LogP contribution in [-0.2, 0) is 11.2 Å². The van der Waals surface area contributed by atoms with Crippen molar-refractivity contribution < 1.29 is 4.79 Å². The third-order valence-corrected chi connectivity index (χ3v) is 5.60. The molecule has 0 aliphatic carbocycles. The van der Waals surface area contributed by atoms with E-state index in [1.165, 1.54) is 11.3 Å². The molecule has 0 radical (unpaired) electrons. The van der Waals surface area contributed by atoms with E-state index in [0.717, 1.165) is 37.5 Å². The van der Waals surface area contributed by atoms with Crippen molar-refractivity contribution in [1.82, 2.24) is 4.98 Å². The van der Waals surface area contributed by atoms with Gasteiger partial charge in [-0.2, -0.15) is 0 Å². The molecular weight excluding hydrogens is 364 g/mol. The van der Waals surface area contributed by atoms with Gasteiger partial charge < -0.3 is 5.73 Å². The topological polar surface area (TPSA) is 56.0 Å². The van der Waals surface area contributed by atoms with Crippen molar-refractivity contribution >= 4 is 39.7 Å². The largest absolute Gasteiger partial charge is 0.369 e. The number of carbonyl (C=O) groups is 1. The van der Waals surface area contributed by atoms with Crippen molar-refractivity contribution in [3.8, 4) is 21.7 Å². The van der Waals surface area contributed by atoms with Crippen molar-refractivity contribution in [2.75, 3.05) is 0 Å². The Morgan fingerprint density at radius 2 is 1.73 bits per heavy atom. The predicted molar refractivity (Wildman–Crippen MR) is 108 cm³/mol. The molecule has 2 aromatic heterocycles. The van der Waals surface area contributed by atoms with E-state index in [4.69, 9.17) is 22.3 Å². The van der Waals surface area contributed by atoms with Crippen LogP contribution in [0.25, 0.3) is 32.6 Å². The average Bonchev–Trinajstić information content (AvgIpc) is 3.09. The molecule has 5 heteroatoms. The van der Waals surface area contributed by atoms with E-state index in [1.54, 1.807) is 0 Å². The first-order chi connectivity index (χ1) is 12.6. The predicted octanol–water partition coefficient (Wildman–Crippen LogP) is 5.31. The minimum Gasteiger partial charge on any atom is -0.369 e. The fourth-order valence-corrected chi connectivity index (χ4v) is 4.44. The van der Waals surface area contributed by atoms with Gasteiger partial charge in [-0.3, -0.25) is 4.79 Å². The second-order valence-corrected chi connectivity index (χ2v) is 7.49. The normalized spacial score (nSPS) is 11.0. The Hall–Kier alpha value is -2.69. The Labute approximate surface area is 160 Å². The van der Waals surface area contributed by atoms with Crippen LogP contribution in [-0.4, -0.2) is 10.9 Å². The highest BCUT2D eigenvalue weighted by Crippen LogP contribution is 2.41. The monoisotopic (exact) mass is 378 g/mol. The molecule has 2 N–H and O–H groups in total. The summed E-state index contributed by atoms with van der Waals surface area (Å²) in [5.74, 6) is -0.346. The number of hydrogen-bond donors (Lipinski definition) is 1. The number of halogens is 1. The zero-order chi connectivity index (χ0) is 18.1. The molecule has 0 saturated heterocycles. The van der Waals surface area contributed by atoms with Crippen LogP contribution in [0.4, 0.5) is 0 Å². The van der Waals surface area contributed by atoms with Gasteiger partial charge in [-0.1, -0.05) is 60.1 Å². The van der Waals surface area contributed by atoms with Gasteiger partial charge in [-0.15, -0.1) is 11.3 Å². The smallest absolute Gasteiger partial charge is 0.222 e. The first kappa shape index (κ1) is 16.8. The van der Waals surface area contributed by atoms with Crippen LogP contribution in [0.5, 0.6) is 0 Å². The second-order valence-electron chi connectivity index (χ2n) is 5.94. The number of rotatable bonds is 4. The standard InChI is InChI=1S/C21H15ClN2OS/c22-20-19(13-6-2-1-3-7-13)15-8-4-5-9-16(15)24-21(20)17-11-10-14(26-17)12-18(23)25/h1-11H,12H2,(H2,23,25). The van der Waals surface area contributed by atoms with E-state index in [9.17, 15) is 4.79 Å². The van der Waals surface area contributed by atoms with Crippen molar-refractivity contribution in [2.45, 2.75) is 6.42 Å². The number of benzene rings is 2. The summed E-state index contributed by atoms with van der Waals surface area (Å²) in [5, 5.41) is 1.63. The van der Waals surface area contributed by atoms with Crippen LogP contribution < -0.4 is 5.73 Å². The van der Waals surface area contributed by atoms with Gasteiger partial charge in [-0.05, 0) is 23.8 Å². The van der Waals surface area contributed by atoms with Gasteiger partial charge in [0.2, 0.25) is 5.91 Å². The van der Waals surface area contributed by atoms with Crippen molar-refractivity contribution in [3.63, 3.8) is 0 Å². The number of nitrogens with two attached hydrogens (primary N) is 1. The number of nitrogens with zero attached hydrogens (tertiary/aromatic N) is 1. The molecule has 4 aromatic rings.